The fourth-order valence-electron chi connectivity index (χ4n) is 1.85. The van der Waals surface area contributed by atoms with Crippen LogP contribution >= 0.6 is 0 Å². The van der Waals surface area contributed by atoms with E-state index in [2.05, 4.69) is 30.2 Å². The lowest BCUT2D eigenvalue weighted by Gasteiger charge is -2.09. The van der Waals surface area contributed by atoms with Gasteiger partial charge in [0.05, 0.1) is 11.4 Å². The van der Waals surface area contributed by atoms with Crippen molar-refractivity contribution >= 4 is 5.82 Å². The van der Waals surface area contributed by atoms with Crippen LogP contribution in [0.5, 0.6) is 0 Å². The predicted octanol–water partition coefficient (Wildman–Crippen LogP) is 1.97. The van der Waals surface area contributed by atoms with Crippen LogP contribution in [0.15, 0.2) is 24.3 Å². The number of hydrogen-bond donors (Lipinski definition) is 1. The van der Waals surface area contributed by atoms with Gasteiger partial charge in [0.2, 0.25) is 0 Å². The fraction of sp³-hybridized carbons (Fsp3) is 0.333. The third-order valence-electron chi connectivity index (χ3n) is 2.73. The monoisotopic (exact) mass is 216 g/mol. The van der Waals surface area contributed by atoms with Gasteiger partial charge < -0.3 is 5.73 Å². The molecule has 84 valence electrons. The highest BCUT2D eigenvalue weighted by Crippen LogP contribution is 2.18. The number of benzene rings is 1. The van der Waals surface area contributed by atoms with E-state index in [1.54, 1.807) is 0 Å². The smallest absolute Gasteiger partial charge is 0.169 e. The Kier molecular flexibility index (Phi) is 2.90. The molecule has 2 rings (SSSR count). The average molecular weight is 216 g/mol. The van der Waals surface area contributed by atoms with E-state index in [1.165, 1.54) is 5.56 Å². The van der Waals surface area contributed by atoms with Gasteiger partial charge in [0.25, 0.3) is 0 Å². The number of anilines is 1. The maximum atomic E-state index is 5.79. The van der Waals surface area contributed by atoms with Gasteiger partial charge in [-0.1, -0.05) is 37.3 Å². The molecule has 0 aliphatic heterocycles. The minimum atomic E-state index is 0.522. The lowest BCUT2D eigenvalue weighted by molar-refractivity contribution is 0.759. The summed E-state index contributed by atoms with van der Waals surface area (Å²) in [7, 11) is 0. The first-order valence-electron chi connectivity index (χ1n) is 5.56. The van der Waals surface area contributed by atoms with Gasteiger partial charge in [0.15, 0.2) is 5.82 Å². The molecule has 0 atom stereocenters. The molecule has 2 aromatic rings. The number of aryl methyl sites for hydroxylation is 1. The first kappa shape index (κ1) is 10.7. The summed E-state index contributed by atoms with van der Waals surface area (Å²) in [6.07, 6.45) is 1.80. The molecule has 0 saturated carbocycles. The van der Waals surface area contributed by atoms with Crippen LogP contribution in [-0.2, 0) is 12.8 Å². The molecule has 0 aliphatic carbocycles. The van der Waals surface area contributed by atoms with E-state index in [-0.39, 0.29) is 0 Å². The molecule has 0 radical (unpaired) electrons. The number of nitrogens with two attached hydrogens (primary N) is 1. The summed E-state index contributed by atoms with van der Waals surface area (Å²) < 4.78 is 1.84. The Morgan fingerprint density at radius 3 is 2.62 bits per heavy atom. The zero-order chi connectivity index (χ0) is 11.5. The van der Waals surface area contributed by atoms with Crippen molar-refractivity contribution in [3.63, 3.8) is 0 Å². The fourth-order valence-corrected chi connectivity index (χ4v) is 1.85. The molecule has 0 bridgehead atoms. The molecule has 4 nitrogen and oxygen atoms in total. The lowest BCUT2D eigenvalue weighted by atomic mass is 10.1. The summed E-state index contributed by atoms with van der Waals surface area (Å²) >= 11 is 0. The van der Waals surface area contributed by atoms with E-state index in [1.807, 2.05) is 22.9 Å². The van der Waals surface area contributed by atoms with Crippen molar-refractivity contribution in [2.45, 2.75) is 26.7 Å². The second-order valence-corrected chi connectivity index (χ2v) is 3.67. The van der Waals surface area contributed by atoms with Crippen LogP contribution in [0.2, 0.25) is 0 Å². The third kappa shape index (κ3) is 1.66. The van der Waals surface area contributed by atoms with Crippen molar-refractivity contribution in [1.82, 2.24) is 15.0 Å². The largest absolute Gasteiger partial charge is 0.381 e. The second-order valence-electron chi connectivity index (χ2n) is 3.67. The Balaban J connectivity index is 2.58. The van der Waals surface area contributed by atoms with Crippen LogP contribution in [-0.4, -0.2) is 15.0 Å². The van der Waals surface area contributed by atoms with Gasteiger partial charge in [-0.05, 0) is 24.5 Å². The van der Waals surface area contributed by atoms with E-state index in [0.717, 1.165) is 24.2 Å². The molecule has 1 heterocycles. The number of aromatic nitrogens is 3. The van der Waals surface area contributed by atoms with Gasteiger partial charge >= 0.3 is 0 Å². The molecule has 0 amide bonds. The van der Waals surface area contributed by atoms with Crippen molar-refractivity contribution in [3.8, 4) is 5.69 Å². The SMILES string of the molecule is CCc1ccccc1-n1nnc(N)c1CC. The molecule has 1 aromatic carbocycles. The normalized spacial score (nSPS) is 10.6. The van der Waals surface area contributed by atoms with E-state index in [0.29, 0.717) is 5.82 Å². The lowest BCUT2D eigenvalue weighted by Crippen LogP contribution is -2.05. The van der Waals surface area contributed by atoms with E-state index in [4.69, 9.17) is 5.73 Å². The van der Waals surface area contributed by atoms with E-state index in [9.17, 15) is 0 Å². The molecular weight excluding hydrogens is 200 g/mol. The zero-order valence-corrected chi connectivity index (χ0v) is 9.64. The molecule has 0 aliphatic rings. The summed E-state index contributed by atoms with van der Waals surface area (Å²) in [6, 6.07) is 8.19. The van der Waals surface area contributed by atoms with Crippen molar-refractivity contribution in [2.24, 2.45) is 0 Å². The topological polar surface area (TPSA) is 56.7 Å². The first-order valence-corrected chi connectivity index (χ1v) is 5.56. The summed E-state index contributed by atoms with van der Waals surface area (Å²) in [4.78, 5) is 0. The highest BCUT2D eigenvalue weighted by molar-refractivity contribution is 5.45. The molecule has 0 spiro atoms. The van der Waals surface area contributed by atoms with Gasteiger partial charge in [-0.3, -0.25) is 0 Å². The molecule has 0 unspecified atom stereocenters. The molecule has 0 saturated heterocycles. The standard InChI is InChI=1S/C12H16N4/c1-3-9-7-5-6-8-11(9)16-10(4-2)12(13)14-15-16/h5-8H,3-4,13H2,1-2H3. The molecule has 2 N–H and O–H groups in total. The highest BCUT2D eigenvalue weighted by atomic mass is 15.4. The predicted molar refractivity (Wildman–Crippen MR) is 64.5 cm³/mol. The van der Waals surface area contributed by atoms with Crippen molar-refractivity contribution in [2.75, 3.05) is 5.73 Å². The molecular formula is C12H16N4. The maximum Gasteiger partial charge on any atom is 0.169 e. The summed E-state index contributed by atoms with van der Waals surface area (Å²) in [5.41, 5.74) is 9.09. The average Bonchev–Trinajstić information content (AvgIpc) is 2.70. The number of para-hydroxylation sites is 1. The van der Waals surface area contributed by atoms with Crippen LogP contribution in [0.25, 0.3) is 5.69 Å². The van der Waals surface area contributed by atoms with Crippen LogP contribution in [0.3, 0.4) is 0 Å². The van der Waals surface area contributed by atoms with Gasteiger partial charge in [0, 0.05) is 0 Å². The highest BCUT2D eigenvalue weighted by Gasteiger charge is 2.11. The minimum absolute atomic E-state index is 0.522. The van der Waals surface area contributed by atoms with Crippen LogP contribution in [0.1, 0.15) is 25.1 Å². The Morgan fingerprint density at radius 1 is 1.19 bits per heavy atom. The van der Waals surface area contributed by atoms with Crippen molar-refractivity contribution < 1.29 is 0 Å². The Labute approximate surface area is 95.1 Å². The van der Waals surface area contributed by atoms with Gasteiger partial charge in [-0.15, -0.1) is 5.10 Å². The molecule has 4 heteroatoms. The Bertz CT molecular complexity index is 488. The number of nitrogen functional groups attached to an aromatic ring is 1. The number of nitrogens with zero attached hydrogens (tertiary/aromatic N) is 3. The van der Waals surface area contributed by atoms with Gasteiger partial charge in [0.1, 0.15) is 0 Å². The van der Waals surface area contributed by atoms with Crippen LogP contribution < -0.4 is 5.73 Å². The second kappa shape index (κ2) is 4.35. The summed E-state index contributed by atoms with van der Waals surface area (Å²) in [5, 5.41) is 8.04. The van der Waals surface area contributed by atoms with Crippen LogP contribution in [0, 0.1) is 0 Å². The molecule has 0 fully saturated rings. The zero-order valence-electron chi connectivity index (χ0n) is 9.64. The van der Waals surface area contributed by atoms with E-state index < -0.39 is 0 Å². The van der Waals surface area contributed by atoms with Crippen molar-refractivity contribution in [1.29, 1.82) is 0 Å². The molecule has 1 aromatic heterocycles. The number of rotatable bonds is 3. The van der Waals surface area contributed by atoms with Gasteiger partial charge in [-0.2, -0.15) is 0 Å². The van der Waals surface area contributed by atoms with E-state index >= 15 is 0 Å². The summed E-state index contributed by atoms with van der Waals surface area (Å²) in [5.74, 6) is 0.522. The third-order valence-corrected chi connectivity index (χ3v) is 2.73. The molecule has 16 heavy (non-hydrogen) atoms. The number of hydrogen-bond acceptors (Lipinski definition) is 3. The quantitative estimate of drug-likeness (QED) is 0.853. The minimum Gasteiger partial charge on any atom is -0.381 e. The van der Waals surface area contributed by atoms with Gasteiger partial charge in [-0.25, -0.2) is 4.68 Å². The van der Waals surface area contributed by atoms with Crippen molar-refractivity contribution in [3.05, 3.63) is 35.5 Å². The Hall–Kier alpha value is -1.84. The Morgan fingerprint density at radius 2 is 1.94 bits per heavy atom. The first-order chi connectivity index (χ1) is 7.77. The van der Waals surface area contributed by atoms with Crippen LogP contribution in [0.4, 0.5) is 5.82 Å². The summed E-state index contributed by atoms with van der Waals surface area (Å²) in [6.45, 7) is 4.19. The maximum absolute atomic E-state index is 5.79.